The Morgan fingerprint density at radius 3 is 2.81 bits per heavy atom. The van der Waals surface area contributed by atoms with Gasteiger partial charge in [0.25, 0.3) is 0 Å². The molecule has 1 N–H and O–H groups in total. The zero-order chi connectivity index (χ0) is 10.8. The van der Waals surface area contributed by atoms with E-state index >= 15 is 0 Å². The van der Waals surface area contributed by atoms with Crippen molar-refractivity contribution in [2.24, 2.45) is 5.92 Å². The number of piperazine rings is 1. The third-order valence-electron chi connectivity index (χ3n) is 3.77. The summed E-state index contributed by atoms with van der Waals surface area (Å²) in [5.41, 5.74) is 1.37. The van der Waals surface area contributed by atoms with Crippen LogP contribution in [0.3, 0.4) is 0 Å². The van der Waals surface area contributed by atoms with Gasteiger partial charge in [-0.1, -0.05) is 12.8 Å². The molecule has 0 unspecified atom stereocenters. The van der Waals surface area contributed by atoms with Gasteiger partial charge in [0.2, 0.25) is 0 Å². The fourth-order valence-corrected chi connectivity index (χ4v) is 2.62. The monoisotopic (exact) mass is 220 g/mol. The standard InChI is InChI=1S/C13H20N2O/c1-2-11(1)9-13(12-3-8-16-10-12)15-6-4-14-5-7-15/h3,8,10-11,13-14H,1-2,4-7,9H2/t13-/m1/s1. The molecule has 0 radical (unpaired) electrons. The molecule has 1 aliphatic heterocycles. The number of hydrogen-bond acceptors (Lipinski definition) is 3. The number of nitrogens with zero attached hydrogens (tertiary/aromatic N) is 1. The van der Waals surface area contributed by atoms with E-state index in [1.54, 1.807) is 6.26 Å². The van der Waals surface area contributed by atoms with Crippen LogP contribution in [0.4, 0.5) is 0 Å². The zero-order valence-corrected chi connectivity index (χ0v) is 9.69. The minimum Gasteiger partial charge on any atom is -0.472 e. The van der Waals surface area contributed by atoms with Crippen molar-refractivity contribution < 1.29 is 4.42 Å². The lowest BCUT2D eigenvalue weighted by Crippen LogP contribution is -2.45. The topological polar surface area (TPSA) is 28.4 Å². The molecule has 3 rings (SSSR count). The van der Waals surface area contributed by atoms with Crippen LogP contribution in [0.1, 0.15) is 30.9 Å². The van der Waals surface area contributed by atoms with E-state index in [0.717, 1.165) is 19.0 Å². The Morgan fingerprint density at radius 2 is 2.19 bits per heavy atom. The smallest absolute Gasteiger partial charge is 0.0950 e. The van der Waals surface area contributed by atoms with Crippen LogP contribution >= 0.6 is 0 Å². The van der Waals surface area contributed by atoms with Crippen LogP contribution in [-0.2, 0) is 0 Å². The first-order valence-electron chi connectivity index (χ1n) is 6.40. The van der Waals surface area contributed by atoms with Gasteiger partial charge < -0.3 is 9.73 Å². The SMILES string of the molecule is c1cc([C@@H](CC2CC2)N2CCNCC2)co1. The summed E-state index contributed by atoms with van der Waals surface area (Å²) in [7, 11) is 0. The summed E-state index contributed by atoms with van der Waals surface area (Å²) in [6, 6.07) is 2.73. The van der Waals surface area contributed by atoms with E-state index in [0.29, 0.717) is 6.04 Å². The van der Waals surface area contributed by atoms with Crippen molar-refractivity contribution >= 4 is 0 Å². The van der Waals surface area contributed by atoms with Crippen molar-refractivity contribution in [2.75, 3.05) is 26.2 Å². The number of nitrogens with one attached hydrogen (secondary N) is 1. The van der Waals surface area contributed by atoms with E-state index in [1.807, 2.05) is 6.26 Å². The molecular weight excluding hydrogens is 200 g/mol. The minimum absolute atomic E-state index is 0.591. The molecule has 16 heavy (non-hydrogen) atoms. The number of furan rings is 1. The van der Waals surface area contributed by atoms with E-state index in [-0.39, 0.29) is 0 Å². The van der Waals surface area contributed by atoms with Crippen LogP contribution in [0.2, 0.25) is 0 Å². The summed E-state index contributed by atoms with van der Waals surface area (Å²) in [6.45, 7) is 4.59. The predicted octanol–water partition coefficient (Wildman–Crippen LogP) is 2.03. The van der Waals surface area contributed by atoms with Crippen LogP contribution in [0.5, 0.6) is 0 Å². The predicted molar refractivity (Wildman–Crippen MR) is 63.2 cm³/mol. The molecule has 2 aliphatic rings. The van der Waals surface area contributed by atoms with Gasteiger partial charge >= 0.3 is 0 Å². The Kier molecular flexibility index (Phi) is 2.98. The highest BCUT2D eigenvalue weighted by atomic mass is 16.3. The van der Waals surface area contributed by atoms with Crippen molar-refractivity contribution in [3.8, 4) is 0 Å². The maximum Gasteiger partial charge on any atom is 0.0950 e. The number of rotatable bonds is 4. The van der Waals surface area contributed by atoms with Crippen molar-refractivity contribution in [1.82, 2.24) is 10.2 Å². The van der Waals surface area contributed by atoms with E-state index in [4.69, 9.17) is 4.42 Å². The minimum atomic E-state index is 0.591. The Balaban J connectivity index is 1.71. The van der Waals surface area contributed by atoms with Gasteiger partial charge in [0.1, 0.15) is 0 Å². The van der Waals surface area contributed by atoms with Gasteiger partial charge in [0.15, 0.2) is 0 Å². The van der Waals surface area contributed by atoms with Crippen LogP contribution < -0.4 is 5.32 Å². The maximum atomic E-state index is 5.25. The van der Waals surface area contributed by atoms with Crippen molar-refractivity contribution in [3.63, 3.8) is 0 Å². The molecular formula is C13H20N2O. The van der Waals surface area contributed by atoms with E-state index in [9.17, 15) is 0 Å². The quantitative estimate of drug-likeness (QED) is 0.841. The summed E-state index contributed by atoms with van der Waals surface area (Å²) >= 11 is 0. The van der Waals surface area contributed by atoms with Gasteiger partial charge in [-0.3, -0.25) is 4.90 Å². The summed E-state index contributed by atoms with van der Waals surface area (Å²) in [5.74, 6) is 0.967. The maximum absolute atomic E-state index is 5.25. The highest BCUT2D eigenvalue weighted by Crippen LogP contribution is 2.40. The van der Waals surface area contributed by atoms with Crippen molar-refractivity contribution in [3.05, 3.63) is 24.2 Å². The molecule has 1 aromatic heterocycles. The van der Waals surface area contributed by atoms with Crippen LogP contribution in [-0.4, -0.2) is 31.1 Å². The number of hydrogen-bond donors (Lipinski definition) is 1. The van der Waals surface area contributed by atoms with Crippen molar-refractivity contribution in [1.29, 1.82) is 0 Å². The van der Waals surface area contributed by atoms with Gasteiger partial charge in [-0.15, -0.1) is 0 Å². The molecule has 1 atom stereocenters. The molecule has 2 fully saturated rings. The third kappa shape index (κ3) is 2.30. The first-order valence-corrected chi connectivity index (χ1v) is 6.40. The molecule has 1 saturated carbocycles. The highest BCUT2D eigenvalue weighted by Gasteiger charge is 2.30. The average molecular weight is 220 g/mol. The Morgan fingerprint density at radius 1 is 1.38 bits per heavy atom. The third-order valence-corrected chi connectivity index (χ3v) is 3.77. The molecule has 1 aliphatic carbocycles. The molecule has 1 aromatic rings. The molecule has 88 valence electrons. The van der Waals surface area contributed by atoms with Gasteiger partial charge in [-0.25, -0.2) is 0 Å². The fraction of sp³-hybridized carbons (Fsp3) is 0.692. The van der Waals surface area contributed by atoms with Gasteiger partial charge in [0.05, 0.1) is 12.5 Å². The summed E-state index contributed by atoms with van der Waals surface area (Å²) < 4.78 is 5.25. The summed E-state index contributed by atoms with van der Waals surface area (Å²) in [6.07, 6.45) is 7.91. The van der Waals surface area contributed by atoms with Crippen LogP contribution in [0.15, 0.2) is 23.0 Å². The molecule has 2 heterocycles. The Hall–Kier alpha value is -0.800. The second-order valence-electron chi connectivity index (χ2n) is 5.04. The molecule has 0 bridgehead atoms. The summed E-state index contributed by atoms with van der Waals surface area (Å²) in [4.78, 5) is 2.61. The lowest BCUT2D eigenvalue weighted by molar-refractivity contribution is 0.160. The van der Waals surface area contributed by atoms with Crippen LogP contribution in [0, 0.1) is 5.92 Å². The highest BCUT2D eigenvalue weighted by molar-refractivity contribution is 5.13. The van der Waals surface area contributed by atoms with Gasteiger partial charge in [-0.2, -0.15) is 0 Å². The van der Waals surface area contributed by atoms with E-state index < -0.39 is 0 Å². The lowest BCUT2D eigenvalue weighted by Gasteiger charge is -2.34. The van der Waals surface area contributed by atoms with Crippen LogP contribution in [0.25, 0.3) is 0 Å². The Labute approximate surface area is 96.8 Å². The summed E-state index contributed by atoms with van der Waals surface area (Å²) in [5, 5.41) is 3.42. The molecule has 0 spiro atoms. The second-order valence-corrected chi connectivity index (χ2v) is 5.04. The molecule has 1 saturated heterocycles. The second kappa shape index (κ2) is 4.60. The van der Waals surface area contributed by atoms with Crippen molar-refractivity contribution in [2.45, 2.75) is 25.3 Å². The molecule has 3 heteroatoms. The first-order chi connectivity index (χ1) is 7.93. The molecule has 3 nitrogen and oxygen atoms in total. The molecule has 0 aromatic carbocycles. The fourth-order valence-electron chi connectivity index (χ4n) is 2.62. The van der Waals surface area contributed by atoms with Gasteiger partial charge in [-0.05, 0) is 18.4 Å². The lowest BCUT2D eigenvalue weighted by atomic mass is 10.0. The Bertz CT molecular complexity index is 313. The van der Waals surface area contributed by atoms with E-state index in [1.165, 1.54) is 37.9 Å². The molecule has 0 amide bonds. The average Bonchev–Trinajstić information content (AvgIpc) is 3.00. The largest absolute Gasteiger partial charge is 0.472 e. The first kappa shape index (κ1) is 10.4. The van der Waals surface area contributed by atoms with Gasteiger partial charge in [0, 0.05) is 37.8 Å². The normalized spacial score (nSPS) is 24.5. The van der Waals surface area contributed by atoms with E-state index in [2.05, 4.69) is 16.3 Å². The zero-order valence-electron chi connectivity index (χ0n) is 9.69.